The van der Waals surface area contributed by atoms with E-state index in [4.69, 9.17) is 4.74 Å². The summed E-state index contributed by atoms with van der Waals surface area (Å²) in [5.74, 6) is 0.201. The Balaban J connectivity index is 1.56. The van der Waals surface area contributed by atoms with Crippen LogP contribution >= 0.6 is 0 Å². The van der Waals surface area contributed by atoms with Crippen molar-refractivity contribution in [3.8, 4) is 5.75 Å². The van der Waals surface area contributed by atoms with Gasteiger partial charge in [-0.25, -0.2) is 0 Å². The molecule has 2 aromatic carbocycles. The highest BCUT2D eigenvalue weighted by Crippen LogP contribution is 2.16. The molecule has 5 heteroatoms. The van der Waals surface area contributed by atoms with Gasteiger partial charge in [-0.15, -0.1) is 0 Å². The summed E-state index contributed by atoms with van der Waals surface area (Å²) < 4.78 is 5.47. The number of hydrogen-bond donors (Lipinski definition) is 1. The van der Waals surface area contributed by atoms with E-state index in [1.807, 2.05) is 24.3 Å². The second-order valence-corrected chi connectivity index (χ2v) is 5.98. The summed E-state index contributed by atoms with van der Waals surface area (Å²) in [4.78, 5) is 28.3. The van der Waals surface area contributed by atoms with Crippen LogP contribution in [-0.4, -0.2) is 23.3 Å². The highest BCUT2D eigenvalue weighted by atomic mass is 16.5. The summed E-state index contributed by atoms with van der Waals surface area (Å²) in [6, 6.07) is 17.9. The van der Waals surface area contributed by atoms with Crippen LogP contribution in [0.3, 0.4) is 0 Å². The van der Waals surface area contributed by atoms with Gasteiger partial charge in [-0.2, -0.15) is 0 Å². The van der Waals surface area contributed by atoms with Crippen molar-refractivity contribution in [1.29, 1.82) is 0 Å². The molecule has 0 aliphatic rings. The zero-order valence-corrected chi connectivity index (χ0v) is 15.0. The number of amides is 1. The van der Waals surface area contributed by atoms with Crippen LogP contribution in [0.25, 0.3) is 0 Å². The summed E-state index contributed by atoms with van der Waals surface area (Å²) in [7, 11) is 0. The van der Waals surface area contributed by atoms with Crippen LogP contribution in [0.5, 0.6) is 5.75 Å². The number of carbonyl (C=O) groups excluding carboxylic acids is 2. The lowest BCUT2D eigenvalue weighted by atomic mass is 10.0. The van der Waals surface area contributed by atoms with Crippen molar-refractivity contribution in [2.75, 3.05) is 11.9 Å². The van der Waals surface area contributed by atoms with Gasteiger partial charge in [-0.3, -0.25) is 14.6 Å². The van der Waals surface area contributed by atoms with Crippen molar-refractivity contribution in [3.63, 3.8) is 0 Å². The van der Waals surface area contributed by atoms with Crippen LogP contribution < -0.4 is 10.1 Å². The Morgan fingerprint density at radius 1 is 0.963 bits per heavy atom. The first-order valence-electron chi connectivity index (χ1n) is 8.72. The summed E-state index contributed by atoms with van der Waals surface area (Å²) in [5, 5.41) is 2.69. The third kappa shape index (κ3) is 5.01. The number of aryl methyl sites for hydroxylation is 1. The molecule has 0 saturated carbocycles. The van der Waals surface area contributed by atoms with Gasteiger partial charge in [0.15, 0.2) is 12.4 Å². The molecule has 3 rings (SSSR count). The van der Waals surface area contributed by atoms with E-state index in [9.17, 15) is 9.59 Å². The Hall–Kier alpha value is -3.47. The molecule has 1 N–H and O–H groups in total. The SMILES string of the molecule is CCc1ccc(C(=O)c2ccc(OCC(=O)Nc3cccnc3)cc2)cc1. The van der Waals surface area contributed by atoms with E-state index in [1.165, 1.54) is 5.56 Å². The Morgan fingerprint density at radius 2 is 1.63 bits per heavy atom. The van der Waals surface area contributed by atoms with Crippen molar-refractivity contribution < 1.29 is 14.3 Å². The summed E-state index contributed by atoms with van der Waals surface area (Å²) in [5.41, 5.74) is 3.03. The fraction of sp³-hybridized carbons (Fsp3) is 0.136. The summed E-state index contributed by atoms with van der Waals surface area (Å²) in [6.07, 6.45) is 4.13. The quantitative estimate of drug-likeness (QED) is 0.649. The minimum absolute atomic E-state index is 0.0430. The number of carbonyl (C=O) groups is 2. The number of hydrogen-bond acceptors (Lipinski definition) is 4. The van der Waals surface area contributed by atoms with Gasteiger partial charge in [0.1, 0.15) is 5.75 Å². The van der Waals surface area contributed by atoms with Gasteiger partial charge < -0.3 is 10.1 Å². The number of ether oxygens (including phenoxy) is 1. The number of aromatic nitrogens is 1. The van der Waals surface area contributed by atoms with Crippen molar-refractivity contribution in [3.05, 3.63) is 89.7 Å². The van der Waals surface area contributed by atoms with Crippen LogP contribution in [0.2, 0.25) is 0 Å². The molecule has 0 aliphatic heterocycles. The van der Waals surface area contributed by atoms with Crippen molar-refractivity contribution >= 4 is 17.4 Å². The zero-order valence-electron chi connectivity index (χ0n) is 15.0. The molecule has 0 radical (unpaired) electrons. The van der Waals surface area contributed by atoms with Gasteiger partial charge in [-0.1, -0.05) is 31.2 Å². The fourth-order valence-electron chi connectivity index (χ4n) is 2.54. The van der Waals surface area contributed by atoms with Crippen LogP contribution in [0, 0.1) is 0 Å². The maximum absolute atomic E-state index is 12.5. The van der Waals surface area contributed by atoms with Gasteiger partial charge in [0.25, 0.3) is 5.91 Å². The van der Waals surface area contributed by atoms with Gasteiger partial charge >= 0.3 is 0 Å². The number of ketones is 1. The number of anilines is 1. The van der Waals surface area contributed by atoms with E-state index in [2.05, 4.69) is 17.2 Å². The lowest BCUT2D eigenvalue weighted by molar-refractivity contribution is -0.118. The maximum Gasteiger partial charge on any atom is 0.262 e. The molecule has 1 aromatic heterocycles. The molecule has 0 spiro atoms. The van der Waals surface area contributed by atoms with Crippen LogP contribution in [0.1, 0.15) is 28.4 Å². The van der Waals surface area contributed by atoms with Gasteiger partial charge in [-0.05, 0) is 48.4 Å². The van der Waals surface area contributed by atoms with E-state index in [1.54, 1.807) is 48.8 Å². The lowest BCUT2D eigenvalue weighted by Gasteiger charge is -2.08. The van der Waals surface area contributed by atoms with Gasteiger partial charge in [0.05, 0.1) is 11.9 Å². The lowest BCUT2D eigenvalue weighted by Crippen LogP contribution is -2.20. The van der Waals surface area contributed by atoms with Crippen LogP contribution in [-0.2, 0) is 11.2 Å². The number of benzene rings is 2. The predicted octanol–water partition coefficient (Wildman–Crippen LogP) is 3.89. The summed E-state index contributed by atoms with van der Waals surface area (Å²) in [6.45, 7) is 1.95. The van der Waals surface area contributed by atoms with Gasteiger partial charge in [0, 0.05) is 17.3 Å². The average molecular weight is 360 g/mol. The predicted molar refractivity (Wildman–Crippen MR) is 104 cm³/mol. The van der Waals surface area contributed by atoms with E-state index in [0.717, 1.165) is 6.42 Å². The molecule has 5 nitrogen and oxygen atoms in total. The number of rotatable bonds is 7. The first-order chi connectivity index (χ1) is 13.2. The molecule has 0 atom stereocenters. The van der Waals surface area contributed by atoms with Crippen LogP contribution in [0.15, 0.2) is 73.1 Å². The molecule has 27 heavy (non-hydrogen) atoms. The topological polar surface area (TPSA) is 68.3 Å². The minimum Gasteiger partial charge on any atom is -0.484 e. The molecule has 3 aromatic rings. The molecule has 0 saturated heterocycles. The smallest absolute Gasteiger partial charge is 0.262 e. The Bertz CT molecular complexity index is 905. The molecule has 1 amide bonds. The Labute approximate surface area is 158 Å². The van der Waals surface area contributed by atoms with Crippen molar-refractivity contribution in [1.82, 2.24) is 4.98 Å². The summed E-state index contributed by atoms with van der Waals surface area (Å²) >= 11 is 0. The first kappa shape index (κ1) is 18.3. The third-order valence-corrected chi connectivity index (χ3v) is 4.06. The molecule has 1 heterocycles. The standard InChI is InChI=1S/C22H20N2O3/c1-2-16-5-7-17(8-6-16)22(26)18-9-11-20(12-10-18)27-15-21(25)24-19-4-3-13-23-14-19/h3-14H,2,15H2,1H3,(H,24,25). The van der Waals surface area contributed by atoms with Crippen molar-refractivity contribution in [2.45, 2.75) is 13.3 Å². The van der Waals surface area contributed by atoms with Crippen LogP contribution in [0.4, 0.5) is 5.69 Å². The highest BCUT2D eigenvalue weighted by molar-refractivity contribution is 6.09. The fourth-order valence-corrected chi connectivity index (χ4v) is 2.54. The molecule has 0 bridgehead atoms. The Kier molecular flexibility index (Phi) is 5.94. The van der Waals surface area contributed by atoms with Gasteiger partial charge in [0.2, 0.25) is 0 Å². The number of nitrogens with zero attached hydrogens (tertiary/aromatic N) is 1. The largest absolute Gasteiger partial charge is 0.484 e. The average Bonchev–Trinajstić information content (AvgIpc) is 2.73. The number of nitrogens with one attached hydrogen (secondary N) is 1. The molecular formula is C22H20N2O3. The van der Waals surface area contributed by atoms with E-state index in [0.29, 0.717) is 22.6 Å². The number of pyridine rings is 1. The van der Waals surface area contributed by atoms with Crippen molar-refractivity contribution in [2.24, 2.45) is 0 Å². The normalized spacial score (nSPS) is 10.3. The highest BCUT2D eigenvalue weighted by Gasteiger charge is 2.10. The minimum atomic E-state index is -0.279. The van der Waals surface area contributed by atoms with E-state index >= 15 is 0 Å². The molecule has 136 valence electrons. The monoisotopic (exact) mass is 360 g/mol. The molecule has 0 fully saturated rings. The second-order valence-electron chi connectivity index (χ2n) is 5.98. The first-order valence-corrected chi connectivity index (χ1v) is 8.72. The molecule has 0 unspecified atom stereocenters. The Morgan fingerprint density at radius 3 is 2.22 bits per heavy atom. The molecular weight excluding hydrogens is 340 g/mol. The zero-order chi connectivity index (χ0) is 19.1. The van der Waals surface area contributed by atoms with E-state index in [-0.39, 0.29) is 18.3 Å². The molecule has 0 aliphatic carbocycles. The second kappa shape index (κ2) is 8.76. The van der Waals surface area contributed by atoms with E-state index < -0.39 is 0 Å². The third-order valence-electron chi connectivity index (χ3n) is 4.06. The maximum atomic E-state index is 12.5.